The van der Waals surface area contributed by atoms with Gasteiger partial charge in [-0.25, -0.2) is 0 Å². The van der Waals surface area contributed by atoms with E-state index in [2.05, 4.69) is 0 Å². The van der Waals surface area contributed by atoms with Crippen molar-refractivity contribution in [2.45, 2.75) is 70.6 Å². The Morgan fingerprint density at radius 3 is 1.90 bits per heavy atom. The summed E-state index contributed by atoms with van der Waals surface area (Å²) in [4.78, 5) is 60.6. The molecular formula is C29H30O12. The molecule has 0 bridgehead atoms. The predicted molar refractivity (Wildman–Crippen MR) is 137 cm³/mol. The molecule has 2 aromatic carbocycles. The molecule has 0 aliphatic carbocycles. The van der Waals surface area contributed by atoms with Crippen molar-refractivity contribution in [2.24, 2.45) is 0 Å². The molecule has 41 heavy (non-hydrogen) atoms. The average Bonchev–Trinajstić information content (AvgIpc) is 3.71. The van der Waals surface area contributed by atoms with Crippen molar-refractivity contribution in [3.63, 3.8) is 0 Å². The highest BCUT2D eigenvalue weighted by Gasteiger charge is 2.54. The van der Waals surface area contributed by atoms with Gasteiger partial charge >= 0.3 is 23.9 Å². The molecule has 0 spiro atoms. The zero-order chi connectivity index (χ0) is 29.7. The average molecular weight is 571 g/mol. The van der Waals surface area contributed by atoms with Crippen molar-refractivity contribution >= 4 is 29.7 Å². The summed E-state index contributed by atoms with van der Waals surface area (Å²) < 4.78 is 39.3. The Morgan fingerprint density at radius 2 is 1.27 bits per heavy atom. The van der Waals surface area contributed by atoms with E-state index in [0.717, 1.165) is 20.8 Å². The normalized spacial score (nSPS) is 26.7. The molecule has 0 saturated carbocycles. The lowest BCUT2D eigenvalue weighted by atomic mass is 9.98. The molecule has 0 N–H and O–H groups in total. The highest BCUT2D eigenvalue weighted by atomic mass is 16.7. The summed E-state index contributed by atoms with van der Waals surface area (Å²) in [6, 6.07) is 15.4. The first kappa shape index (κ1) is 29.7. The van der Waals surface area contributed by atoms with Gasteiger partial charge in [0.05, 0.1) is 0 Å². The molecule has 12 nitrogen and oxygen atoms in total. The van der Waals surface area contributed by atoms with E-state index in [-0.39, 0.29) is 11.5 Å². The van der Waals surface area contributed by atoms with E-state index >= 15 is 0 Å². The number of carbonyl (C=O) groups is 5. The number of hydrogen-bond acceptors (Lipinski definition) is 12. The van der Waals surface area contributed by atoms with Crippen molar-refractivity contribution < 1.29 is 57.1 Å². The maximum absolute atomic E-state index is 12.9. The minimum Gasteiger partial charge on any atom is -0.463 e. The van der Waals surface area contributed by atoms with Crippen LogP contribution in [0.3, 0.4) is 0 Å². The summed E-state index contributed by atoms with van der Waals surface area (Å²) in [5.41, 5.74) is 1.02. The van der Waals surface area contributed by atoms with Gasteiger partial charge in [0.2, 0.25) is 12.4 Å². The summed E-state index contributed by atoms with van der Waals surface area (Å²) in [6.45, 7) is 4.20. The Labute approximate surface area is 235 Å². The van der Waals surface area contributed by atoms with Gasteiger partial charge < -0.3 is 33.2 Å². The topological polar surface area (TPSA) is 153 Å². The van der Waals surface area contributed by atoms with Crippen LogP contribution < -0.4 is 4.74 Å². The first-order valence-corrected chi connectivity index (χ1v) is 12.9. The Hall–Kier alpha value is -4.29. The van der Waals surface area contributed by atoms with E-state index in [1.165, 1.54) is 6.92 Å². The number of para-hydroxylation sites is 1. The predicted octanol–water partition coefficient (Wildman–Crippen LogP) is 2.47. The standard InChI is InChI=1S/C29H30O12/c1-15(30)35-14-22-25(36-16(2)31)27(37-17(3)32)28(38-18(4)33)29(40-22)39-21-13-9-8-12-20(21)24-26(41-24)23(34)19-10-6-5-7-11-19/h5-13,22,24-29H,14H2,1-4H3/t22-,24?,25-,26?,27+,28-,29-/m1/s1. The molecule has 0 aromatic heterocycles. The summed E-state index contributed by atoms with van der Waals surface area (Å²) in [5.74, 6) is -2.85. The quantitative estimate of drug-likeness (QED) is 0.178. The second-order valence-electron chi connectivity index (χ2n) is 9.43. The van der Waals surface area contributed by atoms with Gasteiger partial charge in [-0.05, 0) is 6.07 Å². The molecule has 2 heterocycles. The van der Waals surface area contributed by atoms with Crippen LogP contribution in [-0.4, -0.2) is 73.1 Å². The molecule has 2 fully saturated rings. The third kappa shape index (κ3) is 7.47. The maximum atomic E-state index is 12.9. The van der Waals surface area contributed by atoms with Crippen molar-refractivity contribution in [1.82, 2.24) is 0 Å². The highest BCUT2D eigenvalue weighted by molar-refractivity contribution is 6.01. The van der Waals surface area contributed by atoms with Crippen molar-refractivity contribution in [2.75, 3.05) is 6.61 Å². The molecule has 12 heteroatoms. The first-order valence-electron chi connectivity index (χ1n) is 12.9. The van der Waals surface area contributed by atoms with E-state index in [1.54, 1.807) is 54.6 Å². The molecule has 218 valence electrons. The summed E-state index contributed by atoms with van der Waals surface area (Å²) in [7, 11) is 0. The van der Waals surface area contributed by atoms with Crippen LogP contribution in [0.15, 0.2) is 54.6 Å². The lowest BCUT2D eigenvalue weighted by Gasteiger charge is -2.44. The number of rotatable bonds is 10. The maximum Gasteiger partial charge on any atom is 0.303 e. The second-order valence-corrected chi connectivity index (χ2v) is 9.43. The van der Waals surface area contributed by atoms with Crippen molar-refractivity contribution in [3.05, 3.63) is 65.7 Å². The molecule has 7 atom stereocenters. The van der Waals surface area contributed by atoms with E-state index < -0.39 is 73.4 Å². The summed E-state index contributed by atoms with van der Waals surface area (Å²) >= 11 is 0. The van der Waals surface area contributed by atoms with Crippen LogP contribution >= 0.6 is 0 Å². The number of epoxide rings is 1. The third-order valence-corrected chi connectivity index (χ3v) is 6.23. The van der Waals surface area contributed by atoms with Crippen LogP contribution in [0.1, 0.15) is 49.7 Å². The zero-order valence-electron chi connectivity index (χ0n) is 22.8. The number of benzene rings is 2. The van der Waals surface area contributed by atoms with Crippen molar-refractivity contribution in [3.8, 4) is 5.75 Å². The van der Waals surface area contributed by atoms with E-state index in [4.69, 9.17) is 33.2 Å². The Kier molecular flexibility index (Phi) is 9.35. The monoisotopic (exact) mass is 570 g/mol. The number of ketones is 1. The first-order chi connectivity index (χ1) is 19.5. The van der Waals surface area contributed by atoms with Gasteiger partial charge in [-0.2, -0.15) is 0 Å². The summed E-state index contributed by atoms with van der Waals surface area (Å²) in [5, 5.41) is 0. The van der Waals surface area contributed by atoms with Gasteiger partial charge in [-0.3, -0.25) is 24.0 Å². The fourth-order valence-corrected chi connectivity index (χ4v) is 4.55. The molecule has 0 radical (unpaired) electrons. The van der Waals surface area contributed by atoms with E-state index in [0.29, 0.717) is 11.1 Å². The molecule has 2 saturated heterocycles. The van der Waals surface area contributed by atoms with Crippen LogP contribution in [0.25, 0.3) is 0 Å². The van der Waals surface area contributed by atoms with Crippen molar-refractivity contribution in [1.29, 1.82) is 0 Å². The van der Waals surface area contributed by atoms with E-state index in [9.17, 15) is 24.0 Å². The van der Waals surface area contributed by atoms with E-state index in [1.807, 2.05) is 0 Å². The Bertz CT molecular complexity index is 1290. The number of ether oxygens (including phenoxy) is 7. The third-order valence-electron chi connectivity index (χ3n) is 6.23. The van der Waals surface area contributed by atoms with Gasteiger partial charge in [0, 0.05) is 38.8 Å². The highest BCUT2D eigenvalue weighted by Crippen LogP contribution is 2.45. The Morgan fingerprint density at radius 1 is 0.683 bits per heavy atom. The van der Waals surface area contributed by atoms with Gasteiger partial charge in [0.25, 0.3) is 0 Å². The molecule has 2 aromatic rings. The largest absolute Gasteiger partial charge is 0.463 e. The zero-order valence-corrected chi connectivity index (χ0v) is 22.8. The molecule has 4 rings (SSSR count). The van der Waals surface area contributed by atoms with Gasteiger partial charge in [-0.1, -0.05) is 48.5 Å². The lowest BCUT2D eigenvalue weighted by molar-refractivity contribution is -0.288. The van der Waals surface area contributed by atoms with Gasteiger partial charge in [0.15, 0.2) is 24.1 Å². The molecule has 2 aliphatic rings. The molecule has 2 unspecified atom stereocenters. The number of hydrogen-bond donors (Lipinski definition) is 0. The fourth-order valence-electron chi connectivity index (χ4n) is 4.55. The van der Waals surface area contributed by atoms with Crippen LogP contribution in [-0.2, 0) is 47.6 Å². The van der Waals surface area contributed by atoms with Gasteiger partial charge in [0.1, 0.15) is 24.6 Å². The number of Topliss-reactive ketones (excluding diaryl/α,β-unsaturated/α-hetero) is 1. The minimum absolute atomic E-state index is 0.197. The van der Waals surface area contributed by atoms with Gasteiger partial charge in [-0.15, -0.1) is 0 Å². The molecular weight excluding hydrogens is 540 g/mol. The minimum atomic E-state index is -1.42. The smallest absolute Gasteiger partial charge is 0.303 e. The second kappa shape index (κ2) is 12.9. The molecule has 2 aliphatic heterocycles. The SMILES string of the molecule is CC(=O)OC[C@H]1O[C@@H](Oc2ccccc2C2OC2C(=O)c2ccccc2)[C@H](OC(C)=O)[C@@H](OC(C)=O)[C@@H]1OC(C)=O. The van der Waals surface area contributed by atoms with Crippen LogP contribution in [0.4, 0.5) is 0 Å². The lowest BCUT2D eigenvalue weighted by Crippen LogP contribution is -2.63. The number of carbonyl (C=O) groups excluding carboxylic acids is 5. The van der Waals surface area contributed by atoms with Crippen LogP contribution in [0, 0.1) is 0 Å². The summed E-state index contributed by atoms with van der Waals surface area (Å²) in [6.07, 6.45) is -8.03. The fraction of sp³-hybridized carbons (Fsp3) is 0.414. The van der Waals surface area contributed by atoms with Crippen LogP contribution in [0.5, 0.6) is 5.75 Å². The van der Waals surface area contributed by atoms with Crippen LogP contribution in [0.2, 0.25) is 0 Å². The molecule has 0 amide bonds. The Balaban J connectivity index is 1.64. The number of esters is 4.